The van der Waals surface area contributed by atoms with Gasteiger partial charge in [-0.05, 0) is 60.8 Å². The summed E-state index contributed by atoms with van der Waals surface area (Å²) in [6, 6.07) is 12.8. The Hall–Kier alpha value is -3.67. The molecular weight excluding hydrogens is 444 g/mol. The molecule has 0 aliphatic carbocycles. The highest BCUT2D eigenvalue weighted by molar-refractivity contribution is 8.00. The van der Waals surface area contributed by atoms with Crippen LogP contribution in [0.15, 0.2) is 65.8 Å². The van der Waals surface area contributed by atoms with Gasteiger partial charge < -0.3 is 14.6 Å². The number of pyridine rings is 2. The zero-order valence-corrected chi connectivity index (χ0v) is 18.6. The minimum atomic E-state index is -0.737. The number of aliphatic hydroxyl groups is 1. The molecule has 1 atom stereocenters. The molecule has 4 aromatic rings. The predicted molar refractivity (Wildman–Crippen MR) is 126 cm³/mol. The van der Waals surface area contributed by atoms with Crippen LogP contribution in [0.2, 0.25) is 0 Å². The van der Waals surface area contributed by atoms with E-state index in [-0.39, 0.29) is 4.90 Å². The highest BCUT2D eigenvalue weighted by Crippen LogP contribution is 2.33. The van der Waals surface area contributed by atoms with Crippen molar-refractivity contribution in [2.24, 2.45) is 0 Å². The van der Waals surface area contributed by atoms with E-state index in [2.05, 4.69) is 26.5 Å². The van der Waals surface area contributed by atoms with E-state index in [1.54, 1.807) is 25.4 Å². The summed E-state index contributed by atoms with van der Waals surface area (Å²) in [5, 5.41) is 10.3. The number of ether oxygens (including phenoxy) is 1. The van der Waals surface area contributed by atoms with Gasteiger partial charge in [-0.25, -0.2) is 13.8 Å². The number of benzene rings is 2. The highest BCUT2D eigenvalue weighted by atomic mass is 32.2. The summed E-state index contributed by atoms with van der Waals surface area (Å²) < 4.78 is 35.5. The number of aliphatic hydroxyl groups excluding tert-OH is 1. The molecule has 2 aromatic heterocycles. The first-order chi connectivity index (χ1) is 15.9. The number of fused-ring (bicyclic) bond motifs is 1. The number of rotatable bonds is 5. The van der Waals surface area contributed by atoms with Gasteiger partial charge in [-0.2, -0.15) is 0 Å². The summed E-state index contributed by atoms with van der Waals surface area (Å²) in [4.78, 5) is 8.98. The van der Waals surface area contributed by atoms with Gasteiger partial charge in [0.2, 0.25) is 5.88 Å². The van der Waals surface area contributed by atoms with E-state index in [0.717, 1.165) is 45.6 Å². The maximum Gasteiger partial charge on any atom is 0.237 e. The maximum absolute atomic E-state index is 14.0. The normalized spacial score (nSPS) is 11.5. The Bertz CT molecular complexity index is 1380. The second kappa shape index (κ2) is 9.86. The molecule has 0 saturated heterocycles. The molecular formula is C25H19F2N3O2S. The number of hydrogen-bond acceptors (Lipinski definition) is 6. The van der Waals surface area contributed by atoms with Crippen molar-refractivity contribution < 1.29 is 18.6 Å². The maximum atomic E-state index is 14.0. The fourth-order valence-electron chi connectivity index (χ4n) is 3.13. The van der Waals surface area contributed by atoms with Gasteiger partial charge in [0.25, 0.3) is 0 Å². The largest absolute Gasteiger partial charge is 0.480 e. The lowest BCUT2D eigenvalue weighted by Crippen LogP contribution is -1.97. The van der Waals surface area contributed by atoms with Crippen LogP contribution in [0.4, 0.5) is 14.5 Å². The highest BCUT2D eigenvalue weighted by Gasteiger charge is 2.11. The van der Waals surface area contributed by atoms with Crippen LogP contribution in [0, 0.1) is 23.5 Å². The molecule has 166 valence electrons. The Morgan fingerprint density at radius 1 is 1.06 bits per heavy atom. The molecule has 0 fully saturated rings. The quantitative estimate of drug-likeness (QED) is 0.304. The van der Waals surface area contributed by atoms with Crippen molar-refractivity contribution in [3.63, 3.8) is 0 Å². The molecule has 2 heterocycles. The Kier molecular flexibility index (Phi) is 6.73. The van der Waals surface area contributed by atoms with Gasteiger partial charge in [-0.15, -0.1) is 0 Å². The molecule has 0 aliphatic heterocycles. The van der Waals surface area contributed by atoms with Gasteiger partial charge in [0.1, 0.15) is 23.4 Å². The van der Waals surface area contributed by atoms with Gasteiger partial charge in [0, 0.05) is 35.0 Å². The number of methoxy groups -OCH3 is 1. The summed E-state index contributed by atoms with van der Waals surface area (Å²) >= 11 is 0.993. The lowest BCUT2D eigenvalue weighted by atomic mass is 10.0. The third kappa shape index (κ3) is 5.22. The molecule has 0 aliphatic rings. The molecule has 33 heavy (non-hydrogen) atoms. The number of halogens is 2. The summed E-state index contributed by atoms with van der Waals surface area (Å²) in [5.74, 6) is 4.78. The lowest BCUT2D eigenvalue weighted by Gasteiger charge is -2.12. The molecule has 8 heteroatoms. The van der Waals surface area contributed by atoms with Gasteiger partial charge >= 0.3 is 0 Å². The minimum absolute atomic E-state index is 0.238. The molecule has 5 nitrogen and oxygen atoms in total. The van der Waals surface area contributed by atoms with Crippen LogP contribution in [-0.2, 0) is 0 Å². The first kappa shape index (κ1) is 22.5. The summed E-state index contributed by atoms with van der Waals surface area (Å²) in [6.45, 7) is 1.61. The third-order valence-corrected chi connectivity index (χ3v) is 5.57. The summed E-state index contributed by atoms with van der Waals surface area (Å²) in [5.41, 5.74) is 3.72. The lowest BCUT2D eigenvalue weighted by molar-refractivity contribution is 0.253. The van der Waals surface area contributed by atoms with Crippen molar-refractivity contribution in [2.45, 2.75) is 17.9 Å². The van der Waals surface area contributed by atoms with E-state index < -0.39 is 17.7 Å². The average Bonchev–Trinajstić information content (AvgIpc) is 2.81. The van der Waals surface area contributed by atoms with E-state index in [0.29, 0.717) is 11.6 Å². The number of nitrogens with zero attached hydrogens (tertiary/aromatic N) is 2. The van der Waals surface area contributed by atoms with E-state index in [1.165, 1.54) is 19.2 Å². The number of nitrogens with one attached hydrogen (secondary N) is 1. The van der Waals surface area contributed by atoms with Crippen LogP contribution in [0.1, 0.15) is 12.5 Å². The van der Waals surface area contributed by atoms with E-state index in [9.17, 15) is 13.9 Å². The van der Waals surface area contributed by atoms with Crippen LogP contribution in [0.25, 0.3) is 22.0 Å². The molecule has 2 aromatic carbocycles. The molecule has 0 saturated carbocycles. The third-order valence-electron chi connectivity index (χ3n) is 4.70. The van der Waals surface area contributed by atoms with Crippen molar-refractivity contribution in [3.8, 4) is 28.8 Å². The molecule has 0 spiro atoms. The summed E-state index contributed by atoms with van der Waals surface area (Å²) in [6.07, 6.45) is 2.61. The predicted octanol–water partition coefficient (Wildman–Crippen LogP) is 5.44. The van der Waals surface area contributed by atoms with Crippen molar-refractivity contribution >= 4 is 28.5 Å². The zero-order valence-electron chi connectivity index (χ0n) is 17.8. The SMILES string of the molecule is COc1ncc(-c2ccc3nccc(C#CC(C)O)c3c2)cc1NSc1ccc(F)cc1F. The first-order valence-electron chi connectivity index (χ1n) is 9.95. The molecule has 2 N–H and O–H groups in total. The van der Waals surface area contributed by atoms with E-state index in [4.69, 9.17) is 4.74 Å². The molecule has 1 unspecified atom stereocenters. The molecule has 0 bridgehead atoms. The Balaban J connectivity index is 1.69. The van der Waals surface area contributed by atoms with E-state index in [1.807, 2.05) is 24.3 Å². The molecule has 0 radical (unpaired) electrons. The minimum Gasteiger partial charge on any atom is -0.480 e. The number of anilines is 1. The first-order valence-corrected chi connectivity index (χ1v) is 10.8. The fraction of sp³-hybridized carbons (Fsp3) is 0.120. The van der Waals surface area contributed by atoms with Gasteiger partial charge in [-0.3, -0.25) is 4.98 Å². The monoisotopic (exact) mass is 463 g/mol. The van der Waals surface area contributed by atoms with Gasteiger partial charge in [0.05, 0.1) is 17.5 Å². The smallest absolute Gasteiger partial charge is 0.237 e. The van der Waals surface area contributed by atoms with Crippen LogP contribution < -0.4 is 9.46 Å². The van der Waals surface area contributed by atoms with Crippen molar-refractivity contribution in [3.05, 3.63) is 78.1 Å². The topological polar surface area (TPSA) is 67.3 Å². The summed E-state index contributed by atoms with van der Waals surface area (Å²) in [7, 11) is 1.49. The van der Waals surface area contributed by atoms with Crippen LogP contribution in [0.3, 0.4) is 0 Å². The number of aromatic nitrogens is 2. The zero-order chi connectivity index (χ0) is 23.4. The van der Waals surface area contributed by atoms with Gasteiger partial charge in [0.15, 0.2) is 0 Å². The van der Waals surface area contributed by atoms with Crippen molar-refractivity contribution in [1.29, 1.82) is 0 Å². The Morgan fingerprint density at radius 3 is 2.67 bits per heavy atom. The van der Waals surface area contributed by atoms with Crippen LogP contribution in [-0.4, -0.2) is 28.3 Å². The molecule has 0 amide bonds. The molecule has 4 rings (SSSR count). The van der Waals surface area contributed by atoms with E-state index >= 15 is 0 Å². The standard InChI is InChI=1S/C25H19F2N3O2S/c1-15(31)3-4-16-9-10-28-22-7-5-17(11-20(16)22)18-12-23(25(32-2)29-14-18)30-33-24-8-6-19(26)13-21(24)27/h5-15,30-31H,1-2H3. The fourth-order valence-corrected chi connectivity index (χ4v) is 3.79. The van der Waals surface area contributed by atoms with Crippen molar-refractivity contribution in [1.82, 2.24) is 9.97 Å². The van der Waals surface area contributed by atoms with Gasteiger partial charge in [-0.1, -0.05) is 17.9 Å². The van der Waals surface area contributed by atoms with Crippen LogP contribution in [0.5, 0.6) is 5.88 Å². The second-order valence-electron chi connectivity index (χ2n) is 7.10. The van der Waals surface area contributed by atoms with Crippen molar-refractivity contribution in [2.75, 3.05) is 11.8 Å². The Labute approximate surface area is 194 Å². The Morgan fingerprint density at radius 2 is 1.91 bits per heavy atom. The number of hydrogen-bond donors (Lipinski definition) is 2. The second-order valence-corrected chi connectivity index (χ2v) is 7.94. The van der Waals surface area contributed by atoms with Crippen LogP contribution >= 0.6 is 11.9 Å². The average molecular weight is 464 g/mol.